The molecule has 1 heterocycles. The maximum atomic E-state index is 12.0. The van der Waals surface area contributed by atoms with Crippen LogP contribution in [0.25, 0.3) is 0 Å². The van der Waals surface area contributed by atoms with Gasteiger partial charge in [-0.15, -0.1) is 5.10 Å². The quantitative estimate of drug-likeness (QED) is 0.730. The number of amides is 2. The summed E-state index contributed by atoms with van der Waals surface area (Å²) in [4.78, 5) is 24.2. The Morgan fingerprint density at radius 3 is 2.86 bits per heavy atom. The number of hydrogen-bond acceptors (Lipinski definition) is 5. The molecule has 1 unspecified atom stereocenters. The van der Waals surface area contributed by atoms with E-state index < -0.39 is 5.97 Å². The molecule has 1 rings (SSSR count). The van der Waals surface area contributed by atoms with Crippen molar-refractivity contribution in [2.45, 2.75) is 32.5 Å². The first-order valence-electron chi connectivity index (χ1n) is 6.58. The molecule has 0 spiro atoms. The van der Waals surface area contributed by atoms with Gasteiger partial charge in [-0.1, -0.05) is 12.1 Å². The first kappa shape index (κ1) is 17.3. The number of aromatic nitrogens is 3. The number of urea groups is 1. The second kappa shape index (κ2) is 8.50. The van der Waals surface area contributed by atoms with Crippen molar-refractivity contribution in [2.75, 3.05) is 19.1 Å². The maximum absolute atomic E-state index is 12.0. The van der Waals surface area contributed by atoms with Crippen LogP contribution in [0.4, 0.5) is 4.79 Å². The normalized spacial score (nSPS) is 12.0. The first-order valence-corrected chi connectivity index (χ1v) is 7.97. The van der Waals surface area contributed by atoms with Gasteiger partial charge in [-0.25, -0.2) is 9.48 Å². The van der Waals surface area contributed by atoms with Gasteiger partial charge < -0.3 is 15.3 Å². The van der Waals surface area contributed by atoms with E-state index in [9.17, 15) is 9.59 Å². The van der Waals surface area contributed by atoms with Gasteiger partial charge in [-0.3, -0.25) is 4.79 Å². The molecule has 1 atom stereocenters. The molecule has 21 heavy (non-hydrogen) atoms. The van der Waals surface area contributed by atoms with Crippen LogP contribution < -0.4 is 5.32 Å². The van der Waals surface area contributed by atoms with Gasteiger partial charge in [0.15, 0.2) is 0 Å². The van der Waals surface area contributed by atoms with E-state index in [1.807, 2.05) is 13.2 Å². The Bertz CT molecular complexity index is 479. The summed E-state index contributed by atoms with van der Waals surface area (Å²) >= 11 is 1.70. The van der Waals surface area contributed by atoms with Gasteiger partial charge >= 0.3 is 12.0 Å². The summed E-state index contributed by atoms with van der Waals surface area (Å²) in [5.41, 5.74) is 0.524. The number of carboxylic acids is 1. The van der Waals surface area contributed by atoms with Gasteiger partial charge in [0.05, 0.1) is 12.7 Å². The van der Waals surface area contributed by atoms with Gasteiger partial charge in [0.2, 0.25) is 0 Å². The molecule has 118 valence electrons. The van der Waals surface area contributed by atoms with Crippen molar-refractivity contribution in [3.05, 3.63) is 11.9 Å². The predicted octanol–water partition coefficient (Wildman–Crippen LogP) is 0.646. The summed E-state index contributed by atoms with van der Waals surface area (Å²) in [5, 5.41) is 18.9. The Kier molecular flexibility index (Phi) is 7.00. The summed E-state index contributed by atoms with van der Waals surface area (Å²) in [7, 11) is 1.76. The van der Waals surface area contributed by atoms with Gasteiger partial charge in [-0.2, -0.15) is 11.8 Å². The van der Waals surface area contributed by atoms with E-state index >= 15 is 0 Å². The zero-order valence-corrected chi connectivity index (χ0v) is 13.3. The molecule has 2 N–H and O–H groups in total. The number of thioether (sulfide) groups is 1. The average Bonchev–Trinajstić information content (AvgIpc) is 2.88. The van der Waals surface area contributed by atoms with Crippen molar-refractivity contribution < 1.29 is 14.7 Å². The lowest BCUT2D eigenvalue weighted by Crippen LogP contribution is -2.44. The van der Waals surface area contributed by atoms with Crippen LogP contribution in [-0.4, -0.2) is 62.1 Å². The predicted molar refractivity (Wildman–Crippen MR) is 80.1 cm³/mol. The van der Waals surface area contributed by atoms with Crippen LogP contribution in [0.5, 0.6) is 0 Å². The van der Waals surface area contributed by atoms with Crippen molar-refractivity contribution in [1.29, 1.82) is 0 Å². The Morgan fingerprint density at radius 2 is 2.29 bits per heavy atom. The van der Waals surface area contributed by atoms with Crippen LogP contribution in [0.2, 0.25) is 0 Å². The Balaban J connectivity index is 2.48. The van der Waals surface area contributed by atoms with E-state index in [1.165, 1.54) is 10.9 Å². The fraction of sp³-hybridized carbons (Fsp3) is 0.667. The van der Waals surface area contributed by atoms with E-state index in [4.69, 9.17) is 5.11 Å². The number of carboxylic acid groups (broad SMARTS) is 1. The van der Waals surface area contributed by atoms with Crippen LogP contribution in [0.3, 0.4) is 0 Å². The molecule has 0 saturated carbocycles. The number of nitrogens with zero attached hydrogens (tertiary/aromatic N) is 4. The van der Waals surface area contributed by atoms with Gasteiger partial charge in [-0.05, 0) is 12.7 Å². The zero-order chi connectivity index (χ0) is 15.8. The molecular weight excluding hydrogens is 294 g/mol. The molecule has 0 radical (unpaired) electrons. The Labute approximate surface area is 127 Å². The van der Waals surface area contributed by atoms with Crippen LogP contribution in [0, 0.1) is 0 Å². The minimum absolute atomic E-state index is 0.177. The number of nitrogens with one attached hydrogen (secondary N) is 1. The van der Waals surface area contributed by atoms with Crippen molar-refractivity contribution in [3.8, 4) is 0 Å². The Hall–Kier alpha value is -1.77. The second-order valence-electron chi connectivity index (χ2n) is 4.59. The first-order chi connectivity index (χ1) is 9.97. The summed E-state index contributed by atoms with van der Waals surface area (Å²) in [6, 6.07) is 0.00590. The maximum Gasteiger partial charge on any atom is 0.325 e. The molecule has 2 amide bonds. The number of rotatable bonds is 8. The van der Waals surface area contributed by atoms with E-state index in [0.717, 1.165) is 12.2 Å². The summed E-state index contributed by atoms with van der Waals surface area (Å²) in [6.45, 7) is 2.02. The highest BCUT2D eigenvalue weighted by atomic mass is 32.2. The highest BCUT2D eigenvalue weighted by molar-refractivity contribution is 7.98. The molecule has 1 aromatic heterocycles. The van der Waals surface area contributed by atoms with E-state index in [0.29, 0.717) is 5.69 Å². The summed E-state index contributed by atoms with van der Waals surface area (Å²) in [5.74, 6) is -0.104. The van der Waals surface area contributed by atoms with E-state index in [2.05, 4.69) is 15.6 Å². The topological polar surface area (TPSA) is 100 Å². The minimum Gasteiger partial charge on any atom is -0.480 e. The lowest BCUT2D eigenvalue weighted by Gasteiger charge is -2.26. The molecule has 0 aliphatic carbocycles. The molecular formula is C12H21N5O3S. The SMILES string of the molecule is CCC(CSC)N(C)C(=O)NCc1cn(CC(=O)O)nn1. The number of carbonyl (C=O) groups is 2. The lowest BCUT2D eigenvalue weighted by molar-refractivity contribution is -0.137. The number of hydrogen-bond donors (Lipinski definition) is 2. The third-order valence-corrected chi connectivity index (χ3v) is 3.72. The third-order valence-electron chi connectivity index (χ3n) is 3.00. The van der Waals surface area contributed by atoms with Crippen LogP contribution in [0.15, 0.2) is 6.20 Å². The van der Waals surface area contributed by atoms with Crippen LogP contribution >= 0.6 is 11.8 Å². The lowest BCUT2D eigenvalue weighted by atomic mass is 10.2. The van der Waals surface area contributed by atoms with E-state index in [-0.39, 0.29) is 25.2 Å². The average molecular weight is 315 g/mol. The van der Waals surface area contributed by atoms with E-state index in [1.54, 1.807) is 23.7 Å². The number of aliphatic carboxylic acids is 1. The monoisotopic (exact) mass is 315 g/mol. The molecule has 9 heteroatoms. The van der Waals surface area contributed by atoms with Gasteiger partial charge in [0, 0.05) is 18.8 Å². The largest absolute Gasteiger partial charge is 0.480 e. The number of carbonyl (C=O) groups excluding carboxylic acids is 1. The molecule has 0 saturated heterocycles. The molecule has 1 aromatic rings. The molecule has 0 aliphatic rings. The van der Waals surface area contributed by atoms with Crippen molar-refractivity contribution in [1.82, 2.24) is 25.2 Å². The standard InChI is InChI=1S/C12H21N5O3S/c1-4-10(8-21-3)16(2)12(20)13-5-9-6-17(15-14-9)7-11(18)19/h6,10H,4-5,7-8H2,1-3H3,(H,13,20)(H,18,19). The highest BCUT2D eigenvalue weighted by Crippen LogP contribution is 2.08. The molecule has 8 nitrogen and oxygen atoms in total. The fourth-order valence-corrected chi connectivity index (χ4v) is 2.63. The van der Waals surface area contributed by atoms with Gasteiger partial charge in [0.25, 0.3) is 0 Å². The fourth-order valence-electron chi connectivity index (χ4n) is 1.79. The van der Waals surface area contributed by atoms with Crippen molar-refractivity contribution in [3.63, 3.8) is 0 Å². The Morgan fingerprint density at radius 1 is 1.57 bits per heavy atom. The molecule has 0 aromatic carbocycles. The minimum atomic E-state index is -0.988. The summed E-state index contributed by atoms with van der Waals surface area (Å²) in [6.07, 6.45) is 4.41. The molecule has 0 aliphatic heterocycles. The zero-order valence-electron chi connectivity index (χ0n) is 12.4. The molecule has 0 bridgehead atoms. The third kappa shape index (κ3) is 5.62. The highest BCUT2D eigenvalue weighted by Gasteiger charge is 2.17. The van der Waals surface area contributed by atoms with Crippen LogP contribution in [0.1, 0.15) is 19.0 Å². The summed E-state index contributed by atoms with van der Waals surface area (Å²) < 4.78 is 1.22. The smallest absolute Gasteiger partial charge is 0.325 e. The van der Waals surface area contributed by atoms with Crippen molar-refractivity contribution in [2.24, 2.45) is 0 Å². The molecule has 0 fully saturated rings. The van der Waals surface area contributed by atoms with Gasteiger partial charge in [0.1, 0.15) is 12.2 Å². The van der Waals surface area contributed by atoms with Crippen molar-refractivity contribution >= 4 is 23.8 Å². The second-order valence-corrected chi connectivity index (χ2v) is 5.50. The van der Waals surface area contributed by atoms with Crippen LogP contribution in [-0.2, 0) is 17.9 Å².